The van der Waals surface area contributed by atoms with Gasteiger partial charge in [-0.2, -0.15) is 0 Å². The number of benzene rings is 2. The Kier molecular flexibility index (Phi) is 7.26. The number of thiocarbonyl (C=S) groups is 1. The lowest BCUT2D eigenvalue weighted by Crippen LogP contribution is -2.22. The van der Waals surface area contributed by atoms with E-state index in [0.29, 0.717) is 11.0 Å². The summed E-state index contributed by atoms with van der Waals surface area (Å²) >= 11 is 5.42. The lowest BCUT2D eigenvalue weighted by Gasteiger charge is -2.21. The molecule has 25 heavy (non-hydrogen) atoms. The van der Waals surface area contributed by atoms with Crippen LogP contribution in [0, 0.1) is 0 Å². The average Bonchev–Trinajstić information content (AvgIpc) is 2.64. The van der Waals surface area contributed by atoms with Gasteiger partial charge < -0.3 is 15.5 Å². The Bertz CT molecular complexity index is 661. The van der Waals surface area contributed by atoms with E-state index in [2.05, 4.69) is 91.8 Å². The third-order valence-corrected chi connectivity index (χ3v) is 4.81. The topological polar surface area (TPSA) is 27.3 Å². The van der Waals surface area contributed by atoms with Crippen LogP contribution in [0.1, 0.15) is 45.6 Å². The fourth-order valence-corrected chi connectivity index (χ4v) is 3.00. The summed E-state index contributed by atoms with van der Waals surface area (Å²) in [6.07, 6.45) is 1.15. The van der Waals surface area contributed by atoms with Gasteiger partial charge in [-0.25, -0.2) is 0 Å². The predicted octanol–water partition coefficient (Wildman–Crippen LogP) is 5.86. The first-order valence-electron chi connectivity index (χ1n) is 9.10. The van der Waals surface area contributed by atoms with Crippen LogP contribution in [0.15, 0.2) is 48.5 Å². The van der Waals surface area contributed by atoms with E-state index in [4.69, 9.17) is 12.2 Å². The maximum absolute atomic E-state index is 5.42. The van der Waals surface area contributed by atoms with Gasteiger partial charge in [-0.15, -0.1) is 0 Å². The van der Waals surface area contributed by atoms with Crippen LogP contribution >= 0.6 is 12.2 Å². The molecule has 0 saturated heterocycles. The van der Waals surface area contributed by atoms with Gasteiger partial charge in [0.25, 0.3) is 0 Å². The second kappa shape index (κ2) is 9.42. The maximum Gasteiger partial charge on any atom is 0.175 e. The summed E-state index contributed by atoms with van der Waals surface area (Å²) < 4.78 is 0. The van der Waals surface area contributed by atoms with Crippen molar-refractivity contribution in [3.05, 3.63) is 54.1 Å². The van der Waals surface area contributed by atoms with Crippen molar-refractivity contribution in [3.63, 3.8) is 0 Å². The van der Waals surface area contributed by atoms with Gasteiger partial charge in [0.2, 0.25) is 0 Å². The van der Waals surface area contributed by atoms with Crippen LogP contribution < -0.4 is 15.5 Å². The molecule has 2 N–H and O–H groups in total. The second-order valence-electron chi connectivity index (χ2n) is 6.23. The molecular formula is C21H29N3S. The van der Waals surface area contributed by atoms with Crippen molar-refractivity contribution in [2.45, 2.75) is 40.0 Å². The zero-order valence-corrected chi connectivity index (χ0v) is 16.5. The number of rotatable bonds is 7. The largest absolute Gasteiger partial charge is 0.372 e. The zero-order valence-electron chi connectivity index (χ0n) is 15.7. The molecule has 0 aromatic heterocycles. The molecule has 2 aromatic rings. The molecule has 4 heteroatoms. The molecule has 0 radical (unpaired) electrons. The molecule has 0 unspecified atom stereocenters. The standard InChI is InChI=1S/C21H29N3S/c1-5-16(4)17-8-10-18(11-9-17)22-21(25)23-19-12-14-20(15-13-19)24(6-2)7-3/h8-16H,5-7H2,1-4H3,(H2,22,23,25)/t16-/m1/s1. The van der Waals surface area contributed by atoms with Gasteiger partial charge in [-0.3, -0.25) is 0 Å². The molecule has 0 amide bonds. The summed E-state index contributed by atoms with van der Waals surface area (Å²) in [7, 11) is 0. The summed E-state index contributed by atoms with van der Waals surface area (Å²) in [5.74, 6) is 0.587. The second-order valence-corrected chi connectivity index (χ2v) is 6.64. The highest BCUT2D eigenvalue weighted by Gasteiger charge is 2.05. The number of hydrogen-bond acceptors (Lipinski definition) is 2. The summed E-state index contributed by atoms with van der Waals surface area (Å²) in [6, 6.07) is 16.9. The Morgan fingerprint density at radius 2 is 1.36 bits per heavy atom. The molecule has 2 aromatic carbocycles. The predicted molar refractivity (Wildman–Crippen MR) is 115 cm³/mol. The van der Waals surface area contributed by atoms with Gasteiger partial charge >= 0.3 is 0 Å². The van der Waals surface area contributed by atoms with Gasteiger partial charge in [-0.1, -0.05) is 26.0 Å². The molecule has 0 saturated carbocycles. The molecule has 134 valence electrons. The number of hydrogen-bond donors (Lipinski definition) is 2. The van der Waals surface area contributed by atoms with Crippen LogP contribution in [0.3, 0.4) is 0 Å². The molecule has 0 aliphatic rings. The van der Waals surface area contributed by atoms with Crippen molar-refractivity contribution in [3.8, 4) is 0 Å². The third-order valence-electron chi connectivity index (χ3n) is 4.60. The van der Waals surface area contributed by atoms with Crippen molar-refractivity contribution in [1.82, 2.24) is 0 Å². The zero-order chi connectivity index (χ0) is 18.2. The van der Waals surface area contributed by atoms with Gasteiger partial charge in [0, 0.05) is 30.2 Å². The lowest BCUT2D eigenvalue weighted by atomic mass is 9.99. The first-order chi connectivity index (χ1) is 12.1. The normalized spacial score (nSPS) is 11.7. The molecule has 1 atom stereocenters. The molecule has 0 spiro atoms. The highest BCUT2D eigenvalue weighted by atomic mass is 32.1. The van der Waals surface area contributed by atoms with E-state index in [1.165, 1.54) is 11.3 Å². The number of nitrogens with zero attached hydrogens (tertiary/aromatic N) is 1. The Balaban J connectivity index is 1.93. The van der Waals surface area contributed by atoms with Gasteiger partial charge in [0.05, 0.1) is 0 Å². The fraction of sp³-hybridized carbons (Fsp3) is 0.381. The molecule has 0 aliphatic heterocycles. The SMILES string of the molecule is CC[C@@H](C)c1ccc(NC(=S)Nc2ccc(N(CC)CC)cc2)cc1. The minimum Gasteiger partial charge on any atom is -0.372 e. The van der Waals surface area contributed by atoms with E-state index >= 15 is 0 Å². The molecule has 0 bridgehead atoms. The monoisotopic (exact) mass is 355 g/mol. The Hall–Kier alpha value is -2.07. The first kappa shape index (κ1) is 19.3. The molecule has 2 rings (SSSR count). The van der Waals surface area contributed by atoms with Gasteiger partial charge in [0.1, 0.15) is 0 Å². The Labute approximate surface area is 157 Å². The maximum atomic E-state index is 5.42. The van der Waals surface area contributed by atoms with Crippen molar-refractivity contribution >= 4 is 34.4 Å². The van der Waals surface area contributed by atoms with Crippen molar-refractivity contribution in [2.75, 3.05) is 28.6 Å². The van der Waals surface area contributed by atoms with Crippen LogP contribution in [-0.2, 0) is 0 Å². The quantitative estimate of drug-likeness (QED) is 0.609. The summed E-state index contributed by atoms with van der Waals surface area (Å²) in [5.41, 5.74) is 4.59. The first-order valence-corrected chi connectivity index (χ1v) is 9.51. The minimum absolute atomic E-state index is 0.587. The molecule has 0 heterocycles. The van der Waals surface area contributed by atoms with E-state index in [-0.39, 0.29) is 0 Å². The average molecular weight is 356 g/mol. The molecular weight excluding hydrogens is 326 g/mol. The van der Waals surface area contributed by atoms with Crippen molar-refractivity contribution in [2.24, 2.45) is 0 Å². The Morgan fingerprint density at radius 1 is 0.880 bits per heavy atom. The molecule has 3 nitrogen and oxygen atoms in total. The van der Waals surface area contributed by atoms with E-state index < -0.39 is 0 Å². The molecule has 0 fully saturated rings. The van der Waals surface area contributed by atoms with Gasteiger partial charge in [0.15, 0.2) is 5.11 Å². The highest BCUT2D eigenvalue weighted by Crippen LogP contribution is 2.21. The van der Waals surface area contributed by atoms with Crippen LogP contribution in [0.25, 0.3) is 0 Å². The van der Waals surface area contributed by atoms with Crippen molar-refractivity contribution in [1.29, 1.82) is 0 Å². The third kappa shape index (κ3) is 5.46. The van der Waals surface area contributed by atoms with Crippen LogP contribution in [0.4, 0.5) is 17.1 Å². The van der Waals surface area contributed by atoms with Crippen LogP contribution in [0.5, 0.6) is 0 Å². The van der Waals surface area contributed by atoms with E-state index in [0.717, 1.165) is 30.9 Å². The van der Waals surface area contributed by atoms with Crippen LogP contribution in [-0.4, -0.2) is 18.2 Å². The van der Waals surface area contributed by atoms with E-state index in [9.17, 15) is 0 Å². The van der Waals surface area contributed by atoms with Gasteiger partial charge in [-0.05, 0) is 80.4 Å². The fourth-order valence-electron chi connectivity index (χ4n) is 2.77. The highest BCUT2D eigenvalue weighted by molar-refractivity contribution is 7.80. The number of anilines is 3. The molecule has 0 aliphatic carbocycles. The number of nitrogens with one attached hydrogen (secondary N) is 2. The smallest absolute Gasteiger partial charge is 0.175 e. The van der Waals surface area contributed by atoms with Crippen LogP contribution in [0.2, 0.25) is 0 Å². The minimum atomic E-state index is 0.587. The van der Waals surface area contributed by atoms with Crippen molar-refractivity contribution < 1.29 is 0 Å². The lowest BCUT2D eigenvalue weighted by molar-refractivity contribution is 0.734. The summed E-state index contributed by atoms with van der Waals surface area (Å²) in [6.45, 7) is 10.8. The van der Waals surface area contributed by atoms with E-state index in [1.807, 2.05) is 0 Å². The summed E-state index contributed by atoms with van der Waals surface area (Å²) in [5, 5.41) is 7.09. The summed E-state index contributed by atoms with van der Waals surface area (Å²) in [4.78, 5) is 2.32. The van der Waals surface area contributed by atoms with E-state index in [1.54, 1.807) is 0 Å². The Morgan fingerprint density at radius 3 is 1.80 bits per heavy atom.